The summed E-state index contributed by atoms with van der Waals surface area (Å²) in [6, 6.07) is 19.7. The lowest BCUT2D eigenvalue weighted by Gasteiger charge is -2.26. The Kier molecular flexibility index (Phi) is 8.77. The molecule has 0 atom stereocenters. The first-order valence-corrected chi connectivity index (χ1v) is 13.3. The number of carbonyl (C=O) groups is 1. The van der Waals surface area contributed by atoms with Gasteiger partial charge in [0.25, 0.3) is 5.69 Å². The third kappa shape index (κ3) is 7.13. The van der Waals surface area contributed by atoms with Crippen molar-refractivity contribution >= 4 is 41.4 Å². The highest BCUT2D eigenvalue weighted by Crippen LogP contribution is 2.29. The summed E-state index contributed by atoms with van der Waals surface area (Å²) in [5.74, 6) is 1.06. The molecule has 3 aromatic carbocycles. The van der Waals surface area contributed by atoms with Crippen molar-refractivity contribution in [3.05, 3.63) is 94.0 Å². The van der Waals surface area contributed by atoms with Crippen LogP contribution in [0.1, 0.15) is 35.2 Å². The number of nitrogens with one attached hydrogen (secondary N) is 2. The average molecular weight is 569 g/mol. The van der Waals surface area contributed by atoms with Gasteiger partial charge in [-0.2, -0.15) is 20.1 Å². The zero-order valence-corrected chi connectivity index (χ0v) is 22.8. The van der Waals surface area contributed by atoms with Crippen molar-refractivity contribution in [2.24, 2.45) is 5.10 Å². The third-order valence-corrected chi connectivity index (χ3v) is 6.37. The molecule has 214 valence electrons. The topological polar surface area (TPSA) is 157 Å². The second-order valence-corrected chi connectivity index (χ2v) is 9.30. The number of ether oxygens (including phenoxy) is 2. The van der Waals surface area contributed by atoms with Crippen molar-refractivity contribution in [1.29, 1.82) is 0 Å². The van der Waals surface area contributed by atoms with Crippen LogP contribution in [0.4, 0.5) is 29.2 Å². The maximum absolute atomic E-state index is 12.6. The van der Waals surface area contributed by atoms with E-state index in [-0.39, 0.29) is 22.9 Å². The molecule has 0 unspecified atom stereocenters. The number of para-hydroxylation sites is 1. The molecule has 5 rings (SSSR count). The lowest BCUT2D eigenvalue weighted by molar-refractivity contribution is -0.384. The number of methoxy groups -OCH3 is 1. The molecule has 1 saturated heterocycles. The molecule has 0 bridgehead atoms. The number of hydrogen-bond acceptors (Lipinski definition) is 12. The van der Waals surface area contributed by atoms with E-state index in [0.717, 1.165) is 31.6 Å². The predicted octanol–water partition coefficient (Wildman–Crippen LogP) is 5.19. The van der Waals surface area contributed by atoms with Crippen LogP contribution < -0.4 is 25.1 Å². The van der Waals surface area contributed by atoms with Gasteiger partial charge in [-0.25, -0.2) is 10.2 Å². The number of carbonyl (C=O) groups excluding carboxylic acids is 1. The number of esters is 1. The molecule has 0 aliphatic carbocycles. The van der Waals surface area contributed by atoms with Crippen LogP contribution in [0.15, 0.2) is 77.9 Å². The summed E-state index contributed by atoms with van der Waals surface area (Å²) in [6.07, 6.45) is 4.90. The molecule has 0 spiro atoms. The van der Waals surface area contributed by atoms with Gasteiger partial charge >= 0.3 is 5.97 Å². The van der Waals surface area contributed by atoms with Crippen LogP contribution in [0, 0.1) is 10.1 Å². The van der Waals surface area contributed by atoms with Crippen molar-refractivity contribution in [2.45, 2.75) is 19.3 Å². The maximum atomic E-state index is 12.6. The van der Waals surface area contributed by atoms with Crippen molar-refractivity contribution < 1.29 is 19.2 Å². The fourth-order valence-corrected chi connectivity index (χ4v) is 4.25. The number of nitro benzene ring substituents is 1. The van der Waals surface area contributed by atoms with Crippen LogP contribution in [-0.2, 0) is 0 Å². The quantitative estimate of drug-likeness (QED) is 0.0853. The SMILES string of the molecule is COc1cc(/C=N/Nc2nc(Nc3ccccc3)nc(N3CCCCC3)n2)ccc1OC(=O)c1ccc([N+](=O)[O-])cc1. The van der Waals surface area contributed by atoms with Gasteiger partial charge in [-0.3, -0.25) is 10.1 Å². The largest absolute Gasteiger partial charge is 0.493 e. The molecule has 13 heteroatoms. The van der Waals surface area contributed by atoms with E-state index in [1.165, 1.54) is 37.8 Å². The number of aromatic nitrogens is 3. The van der Waals surface area contributed by atoms with Gasteiger partial charge in [0.05, 0.1) is 23.8 Å². The van der Waals surface area contributed by atoms with Crippen molar-refractivity contribution in [1.82, 2.24) is 15.0 Å². The molecular formula is C29H28N8O5. The number of benzene rings is 3. The minimum atomic E-state index is -0.675. The Bertz CT molecular complexity index is 1580. The van der Waals surface area contributed by atoms with Gasteiger partial charge in [0.15, 0.2) is 11.5 Å². The number of nitro groups is 1. The van der Waals surface area contributed by atoms with Gasteiger partial charge in [-0.15, -0.1) is 0 Å². The lowest BCUT2D eigenvalue weighted by atomic mass is 10.1. The third-order valence-electron chi connectivity index (χ3n) is 6.37. The normalized spacial score (nSPS) is 13.0. The zero-order valence-electron chi connectivity index (χ0n) is 22.8. The number of hydrogen-bond donors (Lipinski definition) is 2. The molecule has 1 aliphatic rings. The molecule has 1 aromatic heterocycles. The maximum Gasteiger partial charge on any atom is 0.343 e. The number of non-ortho nitro benzene ring substituents is 1. The highest BCUT2D eigenvalue weighted by Gasteiger charge is 2.17. The summed E-state index contributed by atoms with van der Waals surface area (Å²) in [5, 5.41) is 18.4. The highest BCUT2D eigenvalue weighted by atomic mass is 16.6. The second kappa shape index (κ2) is 13.2. The number of piperidine rings is 1. The molecule has 13 nitrogen and oxygen atoms in total. The molecule has 2 N–H and O–H groups in total. The average Bonchev–Trinajstić information content (AvgIpc) is 3.02. The van der Waals surface area contributed by atoms with Gasteiger partial charge in [0.2, 0.25) is 17.8 Å². The fraction of sp³-hybridized carbons (Fsp3) is 0.207. The van der Waals surface area contributed by atoms with E-state index in [9.17, 15) is 14.9 Å². The van der Waals surface area contributed by atoms with Crippen LogP contribution in [0.25, 0.3) is 0 Å². The monoisotopic (exact) mass is 568 g/mol. The van der Waals surface area contributed by atoms with Crippen molar-refractivity contribution in [2.75, 3.05) is 35.8 Å². The summed E-state index contributed by atoms with van der Waals surface area (Å²) < 4.78 is 10.8. The van der Waals surface area contributed by atoms with E-state index in [4.69, 9.17) is 9.47 Å². The summed E-state index contributed by atoms with van der Waals surface area (Å²) in [5.41, 5.74) is 4.44. The molecule has 4 aromatic rings. The number of hydrazone groups is 1. The minimum absolute atomic E-state index is 0.120. The molecule has 42 heavy (non-hydrogen) atoms. The standard InChI is InChI=1S/C29H28N8O5/c1-41-25-18-20(10-15-24(25)42-26(38)21-11-13-23(14-12-21)37(39)40)19-30-35-28-32-27(31-22-8-4-2-5-9-22)33-29(34-28)36-16-6-3-7-17-36/h2,4-5,8-15,18-19H,3,6-7,16-17H2,1H3,(H2,31,32,33,34,35)/b30-19+. The molecule has 1 fully saturated rings. The lowest BCUT2D eigenvalue weighted by Crippen LogP contribution is -2.31. The van der Waals surface area contributed by atoms with Crippen LogP contribution >= 0.6 is 0 Å². The summed E-state index contributed by atoms with van der Waals surface area (Å²) in [4.78, 5) is 38.7. The predicted molar refractivity (Wildman–Crippen MR) is 158 cm³/mol. The van der Waals surface area contributed by atoms with E-state index in [2.05, 4.69) is 35.7 Å². The van der Waals surface area contributed by atoms with Crippen molar-refractivity contribution in [3.63, 3.8) is 0 Å². The van der Waals surface area contributed by atoms with Crippen molar-refractivity contribution in [3.8, 4) is 11.5 Å². The Morgan fingerprint density at radius 1 is 0.952 bits per heavy atom. The summed E-state index contributed by atoms with van der Waals surface area (Å²) in [7, 11) is 1.45. The summed E-state index contributed by atoms with van der Waals surface area (Å²) in [6.45, 7) is 1.75. The van der Waals surface area contributed by atoms with Gasteiger partial charge in [0.1, 0.15) is 0 Å². The molecule has 0 amide bonds. The molecular weight excluding hydrogens is 540 g/mol. The first kappa shape index (κ1) is 28.0. The summed E-state index contributed by atoms with van der Waals surface area (Å²) >= 11 is 0. The number of nitrogens with zero attached hydrogens (tertiary/aromatic N) is 6. The van der Waals surface area contributed by atoms with Crippen LogP contribution in [0.3, 0.4) is 0 Å². The Balaban J connectivity index is 1.29. The Labute approximate surface area is 241 Å². The van der Waals surface area contributed by atoms with Crippen LogP contribution in [-0.4, -0.2) is 52.3 Å². The molecule has 0 saturated carbocycles. The van der Waals surface area contributed by atoms with Gasteiger partial charge in [0, 0.05) is 30.9 Å². The van der Waals surface area contributed by atoms with E-state index >= 15 is 0 Å². The van der Waals surface area contributed by atoms with Gasteiger partial charge < -0.3 is 19.7 Å². The van der Waals surface area contributed by atoms with Gasteiger partial charge in [-0.1, -0.05) is 18.2 Å². The highest BCUT2D eigenvalue weighted by molar-refractivity contribution is 5.92. The second-order valence-electron chi connectivity index (χ2n) is 9.30. The number of anilines is 4. The van der Waals surface area contributed by atoms with Gasteiger partial charge in [-0.05, 0) is 67.3 Å². The smallest absolute Gasteiger partial charge is 0.343 e. The van der Waals surface area contributed by atoms with E-state index in [1.807, 2.05) is 30.3 Å². The van der Waals surface area contributed by atoms with E-state index < -0.39 is 10.9 Å². The number of rotatable bonds is 10. The molecule has 2 heterocycles. The van der Waals surface area contributed by atoms with Crippen LogP contribution in [0.2, 0.25) is 0 Å². The van der Waals surface area contributed by atoms with E-state index in [0.29, 0.717) is 23.2 Å². The van der Waals surface area contributed by atoms with E-state index in [1.54, 1.807) is 24.4 Å². The Hall–Kier alpha value is -5.59. The zero-order chi connectivity index (χ0) is 29.3. The Morgan fingerprint density at radius 3 is 2.40 bits per heavy atom. The minimum Gasteiger partial charge on any atom is -0.493 e. The Morgan fingerprint density at radius 2 is 1.69 bits per heavy atom. The molecule has 0 radical (unpaired) electrons. The fourth-order valence-electron chi connectivity index (χ4n) is 4.25. The first-order chi connectivity index (χ1) is 20.5. The molecule has 1 aliphatic heterocycles. The van der Waals surface area contributed by atoms with Crippen LogP contribution in [0.5, 0.6) is 11.5 Å². The first-order valence-electron chi connectivity index (χ1n) is 13.3.